The van der Waals surface area contributed by atoms with E-state index in [-0.39, 0.29) is 11.9 Å². The van der Waals surface area contributed by atoms with Crippen molar-refractivity contribution in [2.75, 3.05) is 26.2 Å². The van der Waals surface area contributed by atoms with E-state index in [1.165, 1.54) is 12.8 Å². The van der Waals surface area contributed by atoms with Crippen molar-refractivity contribution in [1.29, 1.82) is 0 Å². The number of fused-ring (bicyclic) bond motifs is 1. The molecule has 2 fully saturated rings. The van der Waals surface area contributed by atoms with Crippen LogP contribution in [0.4, 0.5) is 0 Å². The van der Waals surface area contributed by atoms with Gasteiger partial charge in [0.05, 0.1) is 0 Å². The predicted octanol–water partition coefficient (Wildman–Crippen LogP) is 3.08. The van der Waals surface area contributed by atoms with Gasteiger partial charge in [0.25, 0.3) is 5.91 Å². The first-order valence-electron chi connectivity index (χ1n) is 9.64. The predicted molar refractivity (Wildman–Crippen MR) is 106 cm³/mol. The number of halogens is 1. The molecule has 2 aliphatic rings. The Labute approximate surface area is 159 Å². The second-order valence-electron chi connectivity index (χ2n) is 7.63. The van der Waals surface area contributed by atoms with Crippen LogP contribution < -0.4 is 10.6 Å². The number of nitrogens with zero attached hydrogens (tertiary/aromatic N) is 1. The first-order chi connectivity index (χ1) is 12.6. The Hall–Kier alpha value is -1.56. The van der Waals surface area contributed by atoms with Crippen molar-refractivity contribution in [1.82, 2.24) is 20.5 Å². The van der Waals surface area contributed by atoms with Crippen LogP contribution in [0.3, 0.4) is 0 Å². The van der Waals surface area contributed by atoms with E-state index < -0.39 is 0 Å². The number of H-pyrrole nitrogens is 1. The lowest BCUT2D eigenvalue weighted by molar-refractivity contribution is 0.0868. The SMILES string of the molecule is Cc1cc(Cl)cc2[nH]c(C(=O)NC3CCN(C4CCNCC4)CC3)cc12. The Morgan fingerprint density at radius 3 is 2.62 bits per heavy atom. The molecule has 1 amide bonds. The van der Waals surface area contributed by atoms with E-state index in [2.05, 4.69) is 20.5 Å². The molecule has 2 aromatic rings. The van der Waals surface area contributed by atoms with Crippen molar-refractivity contribution in [3.63, 3.8) is 0 Å². The molecule has 0 radical (unpaired) electrons. The number of aromatic amines is 1. The van der Waals surface area contributed by atoms with Crippen molar-refractivity contribution < 1.29 is 4.79 Å². The fraction of sp³-hybridized carbons (Fsp3) is 0.550. The van der Waals surface area contributed by atoms with Crippen LogP contribution in [-0.4, -0.2) is 54.1 Å². The number of likely N-dealkylation sites (tertiary alicyclic amines) is 1. The Morgan fingerprint density at radius 1 is 1.15 bits per heavy atom. The minimum atomic E-state index is -0.0166. The van der Waals surface area contributed by atoms with Crippen LogP contribution in [0.1, 0.15) is 41.7 Å². The number of hydrogen-bond donors (Lipinski definition) is 3. The molecular weight excluding hydrogens is 348 g/mol. The van der Waals surface area contributed by atoms with Gasteiger partial charge in [-0.1, -0.05) is 11.6 Å². The topological polar surface area (TPSA) is 60.2 Å². The summed E-state index contributed by atoms with van der Waals surface area (Å²) in [4.78, 5) is 18.5. The molecule has 2 aliphatic heterocycles. The number of hydrogen-bond acceptors (Lipinski definition) is 3. The van der Waals surface area contributed by atoms with Gasteiger partial charge in [0.2, 0.25) is 0 Å². The molecule has 26 heavy (non-hydrogen) atoms. The third-order valence-electron chi connectivity index (χ3n) is 5.84. The van der Waals surface area contributed by atoms with Crippen LogP contribution in [0.2, 0.25) is 5.02 Å². The van der Waals surface area contributed by atoms with Gasteiger partial charge in [-0.15, -0.1) is 0 Å². The Balaban J connectivity index is 1.36. The normalized spacial score (nSPS) is 20.5. The summed E-state index contributed by atoms with van der Waals surface area (Å²) in [5, 5.41) is 8.39. The number of piperidine rings is 2. The number of aromatic nitrogens is 1. The van der Waals surface area contributed by atoms with Gasteiger partial charge in [0, 0.05) is 41.1 Å². The zero-order valence-electron chi connectivity index (χ0n) is 15.3. The lowest BCUT2D eigenvalue weighted by atomic mass is 9.98. The molecule has 0 spiro atoms. The molecular formula is C20H27ClN4O. The molecule has 4 rings (SSSR count). The minimum absolute atomic E-state index is 0.0166. The molecule has 5 nitrogen and oxygen atoms in total. The van der Waals surface area contributed by atoms with Crippen LogP contribution in [0.25, 0.3) is 10.9 Å². The number of carbonyl (C=O) groups is 1. The molecule has 0 unspecified atom stereocenters. The fourth-order valence-corrected chi connectivity index (χ4v) is 4.61. The Morgan fingerprint density at radius 2 is 1.88 bits per heavy atom. The highest BCUT2D eigenvalue weighted by molar-refractivity contribution is 6.31. The maximum absolute atomic E-state index is 12.7. The van der Waals surface area contributed by atoms with E-state index in [1.54, 1.807) is 0 Å². The van der Waals surface area contributed by atoms with Gasteiger partial charge >= 0.3 is 0 Å². The number of rotatable bonds is 3. The third-order valence-corrected chi connectivity index (χ3v) is 6.06. The second kappa shape index (κ2) is 7.59. The first kappa shape index (κ1) is 17.8. The van der Waals surface area contributed by atoms with Gasteiger partial charge in [-0.2, -0.15) is 0 Å². The quantitative estimate of drug-likeness (QED) is 0.773. The van der Waals surface area contributed by atoms with E-state index in [4.69, 9.17) is 11.6 Å². The molecule has 1 aromatic heterocycles. The van der Waals surface area contributed by atoms with E-state index in [9.17, 15) is 4.79 Å². The Kier molecular flexibility index (Phi) is 5.20. The van der Waals surface area contributed by atoms with Crippen molar-refractivity contribution in [2.45, 2.75) is 44.7 Å². The van der Waals surface area contributed by atoms with Crippen LogP contribution in [-0.2, 0) is 0 Å². The highest BCUT2D eigenvalue weighted by Crippen LogP contribution is 2.24. The van der Waals surface area contributed by atoms with E-state index in [0.717, 1.165) is 55.5 Å². The van der Waals surface area contributed by atoms with Crippen molar-refractivity contribution in [3.8, 4) is 0 Å². The minimum Gasteiger partial charge on any atom is -0.350 e. The van der Waals surface area contributed by atoms with Crippen molar-refractivity contribution >= 4 is 28.4 Å². The van der Waals surface area contributed by atoms with Gasteiger partial charge in [0.1, 0.15) is 5.69 Å². The van der Waals surface area contributed by atoms with Crippen molar-refractivity contribution in [3.05, 3.63) is 34.5 Å². The van der Waals surface area contributed by atoms with Crippen LogP contribution >= 0.6 is 11.6 Å². The van der Waals surface area contributed by atoms with Gasteiger partial charge in [-0.3, -0.25) is 4.79 Å². The molecule has 3 N–H and O–H groups in total. The third kappa shape index (κ3) is 3.75. The number of benzene rings is 1. The summed E-state index contributed by atoms with van der Waals surface area (Å²) in [5.41, 5.74) is 2.62. The number of nitrogens with one attached hydrogen (secondary N) is 3. The molecule has 3 heterocycles. The highest BCUT2D eigenvalue weighted by Gasteiger charge is 2.27. The summed E-state index contributed by atoms with van der Waals surface area (Å²) in [5.74, 6) is -0.0166. The number of carbonyl (C=O) groups excluding carboxylic acids is 1. The summed E-state index contributed by atoms with van der Waals surface area (Å²) in [6, 6.07) is 6.71. The van der Waals surface area contributed by atoms with Gasteiger partial charge in [-0.05, 0) is 69.5 Å². The maximum atomic E-state index is 12.7. The lowest BCUT2D eigenvalue weighted by Crippen LogP contribution is -2.50. The average Bonchev–Trinajstić information content (AvgIpc) is 3.08. The summed E-state index contributed by atoms with van der Waals surface area (Å²) in [6.45, 7) is 6.44. The van der Waals surface area contributed by atoms with Gasteiger partial charge in [0.15, 0.2) is 0 Å². The summed E-state index contributed by atoms with van der Waals surface area (Å²) >= 11 is 6.12. The Bertz CT molecular complexity index is 788. The smallest absolute Gasteiger partial charge is 0.267 e. The average molecular weight is 375 g/mol. The summed E-state index contributed by atoms with van der Waals surface area (Å²) in [6.07, 6.45) is 4.55. The van der Waals surface area contributed by atoms with E-state index in [0.29, 0.717) is 16.8 Å². The van der Waals surface area contributed by atoms with Crippen LogP contribution in [0.5, 0.6) is 0 Å². The zero-order valence-corrected chi connectivity index (χ0v) is 16.0. The largest absolute Gasteiger partial charge is 0.350 e. The van der Waals surface area contributed by atoms with Crippen LogP contribution in [0, 0.1) is 6.92 Å². The zero-order chi connectivity index (χ0) is 18.1. The van der Waals surface area contributed by atoms with E-state index >= 15 is 0 Å². The molecule has 0 saturated carbocycles. The summed E-state index contributed by atoms with van der Waals surface area (Å²) < 4.78 is 0. The standard InChI is InChI=1S/C20H27ClN4O/c1-13-10-14(21)11-18-17(13)12-19(24-18)20(26)23-15-4-8-25(9-5-15)16-2-6-22-7-3-16/h10-12,15-16,22,24H,2-9H2,1H3,(H,23,26). The molecule has 1 aromatic carbocycles. The number of aryl methyl sites for hydroxylation is 1. The lowest BCUT2D eigenvalue weighted by Gasteiger charge is -2.39. The summed E-state index contributed by atoms with van der Waals surface area (Å²) in [7, 11) is 0. The fourth-order valence-electron chi connectivity index (χ4n) is 4.34. The molecule has 0 atom stereocenters. The molecule has 140 valence electrons. The maximum Gasteiger partial charge on any atom is 0.267 e. The molecule has 0 aliphatic carbocycles. The van der Waals surface area contributed by atoms with Gasteiger partial charge in [-0.25, -0.2) is 0 Å². The number of amides is 1. The molecule has 6 heteroatoms. The van der Waals surface area contributed by atoms with E-state index in [1.807, 2.05) is 25.1 Å². The molecule has 0 bridgehead atoms. The first-order valence-corrected chi connectivity index (χ1v) is 10.0. The monoisotopic (exact) mass is 374 g/mol. The van der Waals surface area contributed by atoms with Gasteiger partial charge < -0.3 is 20.5 Å². The highest BCUT2D eigenvalue weighted by atomic mass is 35.5. The molecule has 2 saturated heterocycles. The van der Waals surface area contributed by atoms with Crippen molar-refractivity contribution in [2.24, 2.45) is 0 Å². The second-order valence-corrected chi connectivity index (χ2v) is 8.07. The van der Waals surface area contributed by atoms with Crippen LogP contribution in [0.15, 0.2) is 18.2 Å².